The van der Waals surface area contributed by atoms with Crippen molar-refractivity contribution in [3.8, 4) is 0 Å². The highest BCUT2D eigenvalue weighted by Gasteiger charge is 2.17. The van der Waals surface area contributed by atoms with Gasteiger partial charge in [0.15, 0.2) is 5.11 Å². The molecule has 25 heavy (non-hydrogen) atoms. The van der Waals surface area contributed by atoms with Crippen molar-refractivity contribution in [2.75, 3.05) is 26.2 Å². The van der Waals surface area contributed by atoms with Crippen molar-refractivity contribution in [1.29, 1.82) is 0 Å². The number of rotatable bonds is 4. The molecule has 4 nitrogen and oxygen atoms in total. The summed E-state index contributed by atoms with van der Waals surface area (Å²) in [4.78, 5) is 9.12. The van der Waals surface area contributed by atoms with E-state index in [2.05, 4.69) is 26.2 Å². The molecule has 1 fully saturated rings. The summed E-state index contributed by atoms with van der Waals surface area (Å²) in [6.45, 7) is 5.53. The molecule has 1 aliphatic rings. The summed E-state index contributed by atoms with van der Waals surface area (Å²) in [7, 11) is 0. The molecule has 0 radical (unpaired) electrons. The maximum absolute atomic E-state index is 6.21. The minimum Gasteiger partial charge on any atom is -0.358 e. The second-order valence-corrected chi connectivity index (χ2v) is 6.98. The maximum atomic E-state index is 6.21. The van der Waals surface area contributed by atoms with E-state index >= 15 is 0 Å². The van der Waals surface area contributed by atoms with Gasteiger partial charge in [0.2, 0.25) is 0 Å². The molecule has 0 bridgehead atoms. The first-order valence-electron chi connectivity index (χ1n) is 8.61. The van der Waals surface area contributed by atoms with Gasteiger partial charge >= 0.3 is 0 Å². The molecule has 0 spiro atoms. The molecular formula is C19H23ClN4S. The normalized spacial score (nSPS) is 15.6. The van der Waals surface area contributed by atoms with Crippen LogP contribution >= 0.6 is 23.8 Å². The number of aromatic nitrogens is 1. The summed E-state index contributed by atoms with van der Waals surface area (Å²) >= 11 is 11.8. The van der Waals surface area contributed by atoms with Crippen molar-refractivity contribution in [2.24, 2.45) is 0 Å². The molecule has 1 aromatic heterocycles. The molecule has 0 atom stereocenters. The molecule has 1 N–H and O–H groups in total. The number of benzene rings is 1. The van der Waals surface area contributed by atoms with E-state index in [9.17, 15) is 0 Å². The average Bonchev–Trinajstić information content (AvgIpc) is 2.87. The first kappa shape index (κ1) is 18.1. The zero-order chi connectivity index (χ0) is 17.5. The summed E-state index contributed by atoms with van der Waals surface area (Å²) in [5.41, 5.74) is 2.19. The number of nitrogens with one attached hydrogen (secondary N) is 1. The minimum absolute atomic E-state index is 0.659. The van der Waals surface area contributed by atoms with Crippen LogP contribution in [0.4, 0.5) is 0 Å². The van der Waals surface area contributed by atoms with Crippen LogP contribution in [0, 0.1) is 0 Å². The Kier molecular flexibility index (Phi) is 6.62. The molecule has 132 valence electrons. The first-order valence-corrected chi connectivity index (χ1v) is 9.39. The van der Waals surface area contributed by atoms with E-state index in [1.54, 1.807) is 0 Å². The Hall–Kier alpha value is -1.69. The number of halogens is 1. The average molecular weight is 375 g/mol. The molecule has 2 aromatic rings. The van der Waals surface area contributed by atoms with Crippen molar-refractivity contribution in [3.05, 3.63) is 64.9 Å². The van der Waals surface area contributed by atoms with Crippen LogP contribution in [-0.2, 0) is 13.1 Å². The van der Waals surface area contributed by atoms with E-state index in [4.69, 9.17) is 23.8 Å². The molecule has 0 saturated carbocycles. The third-order valence-corrected chi connectivity index (χ3v) is 5.15. The summed E-state index contributed by atoms with van der Waals surface area (Å²) in [5.74, 6) is 0. The van der Waals surface area contributed by atoms with Crippen LogP contribution in [0.3, 0.4) is 0 Å². The molecular weight excluding hydrogens is 352 g/mol. The molecule has 6 heteroatoms. The number of nitrogens with zero attached hydrogens (tertiary/aromatic N) is 3. The highest BCUT2D eigenvalue weighted by Crippen LogP contribution is 2.14. The second kappa shape index (κ2) is 9.13. The molecule has 1 aliphatic heterocycles. The van der Waals surface area contributed by atoms with Crippen molar-refractivity contribution in [2.45, 2.75) is 19.5 Å². The predicted octanol–water partition coefficient (Wildman–Crippen LogP) is 3.32. The highest BCUT2D eigenvalue weighted by molar-refractivity contribution is 7.80. The Balaban J connectivity index is 1.49. The van der Waals surface area contributed by atoms with E-state index in [1.807, 2.05) is 42.6 Å². The number of pyridine rings is 1. The van der Waals surface area contributed by atoms with Gasteiger partial charge < -0.3 is 10.2 Å². The smallest absolute Gasteiger partial charge is 0.169 e. The lowest BCUT2D eigenvalue weighted by Gasteiger charge is -2.24. The van der Waals surface area contributed by atoms with Crippen LogP contribution in [0.1, 0.15) is 17.7 Å². The van der Waals surface area contributed by atoms with Gasteiger partial charge in [-0.25, -0.2) is 0 Å². The molecule has 0 aliphatic carbocycles. The van der Waals surface area contributed by atoms with Crippen LogP contribution in [0.25, 0.3) is 0 Å². The van der Waals surface area contributed by atoms with Crippen molar-refractivity contribution < 1.29 is 0 Å². The Morgan fingerprint density at radius 2 is 1.92 bits per heavy atom. The third-order valence-electron chi connectivity index (χ3n) is 4.38. The van der Waals surface area contributed by atoms with E-state index < -0.39 is 0 Å². The molecule has 0 amide bonds. The summed E-state index contributed by atoms with van der Waals surface area (Å²) in [5, 5.41) is 4.92. The highest BCUT2D eigenvalue weighted by atomic mass is 35.5. The topological polar surface area (TPSA) is 31.4 Å². The van der Waals surface area contributed by atoms with Gasteiger partial charge in [-0.15, -0.1) is 0 Å². The summed E-state index contributed by atoms with van der Waals surface area (Å²) < 4.78 is 0. The molecule has 1 saturated heterocycles. The van der Waals surface area contributed by atoms with Gasteiger partial charge in [0, 0.05) is 50.5 Å². The van der Waals surface area contributed by atoms with Gasteiger partial charge in [0.05, 0.1) is 5.69 Å². The van der Waals surface area contributed by atoms with Gasteiger partial charge in [-0.3, -0.25) is 9.88 Å². The largest absolute Gasteiger partial charge is 0.358 e. The summed E-state index contributed by atoms with van der Waals surface area (Å²) in [6, 6.07) is 13.9. The van der Waals surface area contributed by atoms with Gasteiger partial charge in [-0.2, -0.15) is 0 Å². The standard InChI is InChI=1S/C19H23ClN4S/c20-18-8-2-1-6-16(18)14-22-19(25)24-11-5-10-23(12-13-24)15-17-7-3-4-9-21-17/h1-4,6-9H,5,10-15H2,(H,22,25). The number of thiocarbonyl (C=S) groups is 1. The molecule has 1 aromatic carbocycles. The molecule has 0 unspecified atom stereocenters. The summed E-state index contributed by atoms with van der Waals surface area (Å²) in [6.07, 6.45) is 2.95. The zero-order valence-corrected chi connectivity index (χ0v) is 15.8. The lowest BCUT2D eigenvalue weighted by molar-refractivity contribution is 0.274. The lowest BCUT2D eigenvalue weighted by Crippen LogP contribution is -2.41. The molecule has 3 rings (SSSR count). The van der Waals surface area contributed by atoms with Crippen LogP contribution in [-0.4, -0.2) is 46.1 Å². The molecule has 2 heterocycles. The van der Waals surface area contributed by atoms with E-state index in [0.717, 1.165) is 60.5 Å². The van der Waals surface area contributed by atoms with E-state index in [-0.39, 0.29) is 0 Å². The number of hydrogen-bond acceptors (Lipinski definition) is 3. The van der Waals surface area contributed by atoms with Crippen LogP contribution in [0.2, 0.25) is 5.02 Å². The van der Waals surface area contributed by atoms with Crippen molar-refractivity contribution >= 4 is 28.9 Å². The quantitative estimate of drug-likeness (QED) is 0.830. The SMILES string of the molecule is S=C(NCc1ccccc1Cl)N1CCCN(Cc2ccccn2)CC1. The fraction of sp³-hybridized carbons (Fsp3) is 0.368. The maximum Gasteiger partial charge on any atom is 0.169 e. The van der Waals surface area contributed by atoms with Gasteiger partial charge in [0.1, 0.15) is 0 Å². The second-order valence-electron chi connectivity index (χ2n) is 6.19. The van der Waals surface area contributed by atoms with Crippen molar-refractivity contribution in [1.82, 2.24) is 20.1 Å². The van der Waals surface area contributed by atoms with Crippen molar-refractivity contribution in [3.63, 3.8) is 0 Å². The van der Waals surface area contributed by atoms with Crippen LogP contribution in [0.15, 0.2) is 48.7 Å². The monoisotopic (exact) mass is 374 g/mol. The van der Waals surface area contributed by atoms with Crippen LogP contribution < -0.4 is 5.32 Å². The zero-order valence-electron chi connectivity index (χ0n) is 14.2. The van der Waals surface area contributed by atoms with Gasteiger partial charge in [0.25, 0.3) is 0 Å². The van der Waals surface area contributed by atoms with Crippen LogP contribution in [0.5, 0.6) is 0 Å². The lowest BCUT2D eigenvalue weighted by atomic mass is 10.2. The van der Waals surface area contributed by atoms with Gasteiger partial charge in [-0.1, -0.05) is 35.9 Å². The third kappa shape index (κ3) is 5.39. The Labute approximate surface area is 159 Å². The van der Waals surface area contributed by atoms with Gasteiger partial charge in [-0.05, 0) is 42.4 Å². The Bertz CT molecular complexity index is 695. The predicted molar refractivity (Wildman–Crippen MR) is 107 cm³/mol. The fourth-order valence-corrected chi connectivity index (χ4v) is 3.43. The first-order chi connectivity index (χ1) is 12.2. The minimum atomic E-state index is 0.659. The Morgan fingerprint density at radius 1 is 1.08 bits per heavy atom. The van der Waals surface area contributed by atoms with E-state index in [1.165, 1.54) is 0 Å². The fourth-order valence-electron chi connectivity index (χ4n) is 2.98. The van der Waals surface area contributed by atoms with E-state index in [0.29, 0.717) is 6.54 Å². The Morgan fingerprint density at radius 3 is 2.72 bits per heavy atom. The number of hydrogen-bond donors (Lipinski definition) is 1.